The van der Waals surface area contributed by atoms with Gasteiger partial charge >= 0.3 is 0 Å². The summed E-state index contributed by atoms with van der Waals surface area (Å²) < 4.78 is 0. The van der Waals surface area contributed by atoms with Gasteiger partial charge in [-0.1, -0.05) is 23.8 Å². The molecule has 0 spiro atoms. The van der Waals surface area contributed by atoms with Crippen molar-refractivity contribution in [3.8, 4) is 0 Å². The Morgan fingerprint density at radius 1 is 1.20 bits per heavy atom. The van der Waals surface area contributed by atoms with Gasteiger partial charge in [-0.15, -0.1) is 0 Å². The van der Waals surface area contributed by atoms with Crippen LogP contribution in [0.5, 0.6) is 0 Å². The van der Waals surface area contributed by atoms with Gasteiger partial charge in [0.1, 0.15) is 0 Å². The molecule has 2 heteroatoms. The van der Waals surface area contributed by atoms with Gasteiger partial charge in [0.15, 0.2) is 0 Å². The topological polar surface area (TPSA) is 20.3 Å². The van der Waals surface area contributed by atoms with Crippen molar-refractivity contribution >= 4 is 5.91 Å². The number of likely N-dealkylation sites (tertiary alicyclic amines) is 1. The highest BCUT2D eigenvalue weighted by Crippen LogP contribution is 2.20. The number of allylic oxidation sites excluding steroid dienone is 5. The SMILES string of the molecule is CC1=CCC=C(N2CCCCC2=O)C=C1. The van der Waals surface area contributed by atoms with Crippen LogP contribution in [0.1, 0.15) is 32.6 Å². The Morgan fingerprint density at radius 3 is 2.87 bits per heavy atom. The van der Waals surface area contributed by atoms with Crippen LogP contribution in [-0.2, 0) is 4.79 Å². The lowest BCUT2D eigenvalue weighted by Crippen LogP contribution is -2.33. The third-order valence-electron chi connectivity index (χ3n) is 2.92. The highest BCUT2D eigenvalue weighted by molar-refractivity contribution is 5.79. The zero-order chi connectivity index (χ0) is 10.7. The van der Waals surface area contributed by atoms with E-state index < -0.39 is 0 Å². The lowest BCUT2D eigenvalue weighted by molar-refractivity contribution is -0.130. The van der Waals surface area contributed by atoms with E-state index in [1.807, 2.05) is 4.90 Å². The van der Waals surface area contributed by atoms with Crippen LogP contribution in [-0.4, -0.2) is 17.4 Å². The smallest absolute Gasteiger partial charge is 0.226 e. The summed E-state index contributed by atoms with van der Waals surface area (Å²) in [6.45, 7) is 2.97. The summed E-state index contributed by atoms with van der Waals surface area (Å²) in [6, 6.07) is 0. The zero-order valence-electron chi connectivity index (χ0n) is 9.20. The molecule has 0 aromatic carbocycles. The van der Waals surface area contributed by atoms with Gasteiger partial charge in [0.25, 0.3) is 0 Å². The highest BCUT2D eigenvalue weighted by atomic mass is 16.2. The van der Waals surface area contributed by atoms with Crippen LogP contribution in [0.4, 0.5) is 0 Å². The van der Waals surface area contributed by atoms with Crippen LogP contribution in [0.15, 0.2) is 35.6 Å². The van der Waals surface area contributed by atoms with Crippen LogP contribution in [0.25, 0.3) is 0 Å². The molecule has 15 heavy (non-hydrogen) atoms. The molecule has 0 N–H and O–H groups in total. The van der Waals surface area contributed by atoms with Crippen LogP contribution in [0, 0.1) is 0 Å². The predicted molar refractivity (Wildman–Crippen MR) is 61.2 cm³/mol. The lowest BCUT2D eigenvalue weighted by Gasteiger charge is -2.27. The Labute approximate surface area is 91.0 Å². The van der Waals surface area contributed by atoms with Crippen molar-refractivity contribution in [2.75, 3.05) is 6.54 Å². The maximum atomic E-state index is 11.7. The third kappa shape index (κ3) is 2.38. The van der Waals surface area contributed by atoms with E-state index in [1.165, 1.54) is 5.57 Å². The van der Waals surface area contributed by atoms with Crippen molar-refractivity contribution in [3.05, 3.63) is 35.6 Å². The molecule has 1 amide bonds. The Balaban J connectivity index is 2.13. The van der Waals surface area contributed by atoms with Crippen LogP contribution < -0.4 is 0 Å². The Hall–Kier alpha value is -1.31. The number of hydrogen-bond donors (Lipinski definition) is 0. The minimum absolute atomic E-state index is 0.275. The summed E-state index contributed by atoms with van der Waals surface area (Å²) >= 11 is 0. The first kappa shape index (κ1) is 10.2. The predicted octanol–water partition coefficient (Wildman–Crippen LogP) is 2.79. The summed E-state index contributed by atoms with van der Waals surface area (Å²) in [4.78, 5) is 13.6. The Morgan fingerprint density at radius 2 is 2.07 bits per heavy atom. The molecule has 0 bridgehead atoms. The summed E-state index contributed by atoms with van der Waals surface area (Å²) in [6.07, 6.45) is 12.3. The van der Waals surface area contributed by atoms with Crippen molar-refractivity contribution < 1.29 is 4.79 Å². The average Bonchev–Trinajstić information content (AvgIpc) is 2.44. The normalized spacial score (nSPS) is 22.2. The maximum Gasteiger partial charge on any atom is 0.226 e. The van der Waals surface area contributed by atoms with Crippen LogP contribution in [0.3, 0.4) is 0 Å². The largest absolute Gasteiger partial charge is 0.313 e. The fourth-order valence-corrected chi connectivity index (χ4v) is 2.00. The zero-order valence-corrected chi connectivity index (χ0v) is 9.20. The van der Waals surface area contributed by atoms with Gasteiger partial charge in [-0.05, 0) is 32.3 Å². The molecule has 1 aliphatic heterocycles. The van der Waals surface area contributed by atoms with Crippen molar-refractivity contribution in [2.24, 2.45) is 0 Å². The molecule has 2 aliphatic rings. The first-order valence-electron chi connectivity index (χ1n) is 5.63. The van der Waals surface area contributed by atoms with Crippen LogP contribution in [0.2, 0.25) is 0 Å². The molecule has 80 valence electrons. The van der Waals surface area contributed by atoms with Crippen molar-refractivity contribution in [1.82, 2.24) is 4.90 Å². The van der Waals surface area contributed by atoms with E-state index in [-0.39, 0.29) is 5.91 Å². The van der Waals surface area contributed by atoms with E-state index in [0.717, 1.165) is 31.5 Å². The fraction of sp³-hybridized carbons (Fsp3) is 0.462. The molecule has 2 nitrogen and oxygen atoms in total. The molecule has 1 saturated heterocycles. The second-order valence-electron chi connectivity index (χ2n) is 4.15. The van der Waals surface area contributed by atoms with Gasteiger partial charge in [-0.25, -0.2) is 0 Å². The molecule has 0 aromatic heterocycles. The molecule has 0 saturated carbocycles. The summed E-state index contributed by atoms with van der Waals surface area (Å²) in [5.41, 5.74) is 2.35. The van der Waals surface area contributed by atoms with Crippen molar-refractivity contribution in [1.29, 1.82) is 0 Å². The number of nitrogens with zero attached hydrogens (tertiary/aromatic N) is 1. The average molecular weight is 203 g/mol. The number of carbonyl (C=O) groups is 1. The van der Waals surface area contributed by atoms with E-state index in [4.69, 9.17) is 0 Å². The third-order valence-corrected chi connectivity index (χ3v) is 2.92. The molecular formula is C13H17NO. The second kappa shape index (κ2) is 4.47. The van der Waals surface area contributed by atoms with Gasteiger partial charge in [-0.2, -0.15) is 0 Å². The second-order valence-corrected chi connectivity index (χ2v) is 4.15. The monoisotopic (exact) mass is 203 g/mol. The van der Waals surface area contributed by atoms with Crippen molar-refractivity contribution in [2.45, 2.75) is 32.6 Å². The molecule has 0 radical (unpaired) electrons. The number of amides is 1. The Kier molecular flexibility index (Phi) is 3.05. The molecule has 1 heterocycles. The highest BCUT2D eigenvalue weighted by Gasteiger charge is 2.20. The molecular weight excluding hydrogens is 186 g/mol. The van der Waals surface area contributed by atoms with E-state index in [9.17, 15) is 4.79 Å². The van der Waals surface area contributed by atoms with Gasteiger partial charge in [0.05, 0.1) is 0 Å². The lowest BCUT2D eigenvalue weighted by atomic mass is 10.1. The van der Waals surface area contributed by atoms with E-state index in [2.05, 4.69) is 31.2 Å². The van der Waals surface area contributed by atoms with Gasteiger partial charge in [-0.3, -0.25) is 4.79 Å². The molecule has 1 fully saturated rings. The molecule has 2 rings (SSSR count). The van der Waals surface area contributed by atoms with Gasteiger partial charge in [0, 0.05) is 18.7 Å². The molecule has 0 atom stereocenters. The minimum atomic E-state index is 0.275. The number of carbonyl (C=O) groups excluding carboxylic acids is 1. The molecule has 0 unspecified atom stereocenters. The molecule has 0 aromatic rings. The van der Waals surface area contributed by atoms with Crippen molar-refractivity contribution in [3.63, 3.8) is 0 Å². The summed E-state index contributed by atoms with van der Waals surface area (Å²) in [7, 11) is 0. The quantitative estimate of drug-likeness (QED) is 0.641. The van der Waals surface area contributed by atoms with E-state index in [1.54, 1.807) is 0 Å². The first-order chi connectivity index (χ1) is 7.27. The minimum Gasteiger partial charge on any atom is -0.313 e. The number of hydrogen-bond acceptors (Lipinski definition) is 1. The summed E-state index contributed by atoms with van der Waals surface area (Å²) in [5, 5.41) is 0. The van der Waals surface area contributed by atoms with Gasteiger partial charge < -0.3 is 4.90 Å². The van der Waals surface area contributed by atoms with Gasteiger partial charge in [0.2, 0.25) is 5.91 Å². The fourth-order valence-electron chi connectivity index (χ4n) is 2.00. The Bertz CT molecular complexity index is 350. The molecule has 1 aliphatic carbocycles. The number of rotatable bonds is 1. The van der Waals surface area contributed by atoms with E-state index >= 15 is 0 Å². The number of piperidine rings is 1. The maximum absolute atomic E-state index is 11.7. The van der Waals surface area contributed by atoms with E-state index in [0.29, 0.717) is 6.42 Å². The van der Waals surface area contributed by atoms with Crippen LogP contribution >= 0.6 is 0 Å². The first-order valence-corrected chi connectivity index (χ1v) is 5.63. The standard InChI is InChI=1S/C13H17NO/c1-11-5-4-6-12(9-8-11)14-10-3-2-7-13(14)15/h5-6,8-9H,2-4,7,10H2,1H3. The summed E-state index contributed by atoms with van der Waals surface area (Å²) in [5.74, 6) is 0.275.